The normalized spacial score (nSPS) is 24.9. The molecule has 3 N–H and O–H groups in total. The molecule has 48 heavy (non-hydrogen) atoms. The molecule has 2 aromatic rings. The lowest BCUT2D eigenvalue weighted by molar-refractivity contribution is -0.134. The fourth-order valence-corrected chi connectivity index (χ4v) is 8.56. The van der Waals surface area contributed by atoms with E-state index in [1.165, 1.54) is 0 Å². The van der Waals surface area contributed by atoms with Crippen LogP contribution >= 0.6 is 11.3 Å². The van der Waals surface area contributed by atoms with Gasteiger partial charge in [-0.05, 0) is 96.2 Å². The van der Waals surface area contributed by atoms with E-state index in [-0.39, 0.29) is 42.5 Å². The second-order valence-electron chi connectivity index (χ2n) is 14.2. The largest absolute Gasteiger partial charge is 0.356 e. The Labute approximate surface area is 289 Å². The molecule has 2 saturated heterocycles. The van der Waals surface area contributed by atoms with Crippen LogP contribution < -0.4 is 16.0 Å². The molecular formula is C37H54N6O4S. The summed E-state index contributed by atoms with van der Waals surface area (Å²) in [6, 6.07) is 9.28. The zero-order chi connectivity index (χ0) is 34.0. The summed E-state index contributed by atoms with van der Waals surface area (Å²) in [7, 11) is 0. The maximum absolute atomic E-state index is 13.5. The number of aromatic nitrogens is 1. The molecule has 2 fully saturated rings. The van der Waals surface area contributed by atoms with E-state index in [0.29, 0.717) is 55.3 Å². The second-order valence-corrected chi connectivity index (χ2v) is 15.4. The Hall–Kier alpha value is -3.31. The van der Waals surface area contributed by atoms with Crippen molar-refractivity contribution in [3.63, 3.8) is 0 Å². The SMILES string of the molecule is Cc1sc2nc1CC(=O)N[C@@H](CCCCNC(=O)c1ccccc1)CC(=O)NCC[C@H]1CN(C(C)C)CC[C@H]1CC(=O)N1CCC2CC1. The number of hydrogen-bond acceptors (Lipinski definition) is 7. The number of nitrogens with one attached hydrogen (secondary N) is 3. The van der Waals surface area contributed by atoms with Crippen molar-refractivity contribution in [1.29, 1.82) is 0 Å². The summed E-state index contributed by atoms with van der Waals surface area (Å²) in [5, 5.41) is 10.3. The fourth-order valence-electron chi connectivity index (χ4n) is 7.45. The van der Waals surface area contributed by atoms with Gasteiger partial charge in [-0.15, -0.1) is 11.3 Å². The topological polar surface area (TPSA) is 124 Å². The van der Waals surface area contributed by atoms with Crippen LogP contribution in [0.1, 0.15) is 103 Å². The number of benzene rings is 1. The van der Waals surface area contributed by atoms with Gasteiger partial charge in [0.25, 0.3) is 5.91 Å². The number of rotatable bonds is 7. The lowest BCUT2D eigenvalue weighted by Gasteiger charge is -2.41. The summed E-state index contributed by atoms with van der Waals surface area (Å²) in [4.78, 5) is 63.0. The van der Waals surface area contributed by atoms with Gasteiger partial charge in [-0.1, -0.05) is 18.2 Å². The van der Waals surface area contributed by atoms with Crippen LogP contribution in [0.15, 0.2) is 30.3 Å². The maximum Gasteiger partial charge on any atom is 0.251 e. The third-order valence-electron chi connectivity index (χ3n) is 10.5. The third kappa shape index (κ3) is 10.1. The predicted octanol–water partition coefficient (Wildman–Crippen LogP) is 4.43. The number of amides is 4. The number of carbonyl (C=O) groups is 4. The Morgan fingerprint density at radius 3 is 2.50 bits per heavy atom. The predicted molar refractivity (Wildman–Crippen MR) is 189 cm³/mol. The van der Waals surface area contributed by atoms with Gasteiger partial charge in [0.1, 0.15) is 0 Å². The molecule has 5 heterocycles. The van der Waals surface area contributed by atoms with Crippen molar-refractivity contribution < 1.29 is 19.2 Å². The Balaban J connectivity index is 1.24. The maximum atomic E-state index is 13.5. The first-order valence-electron chi connectivity index (χ1n) is 18.0. The molecule has 4 bridgehead atoms. The average molecular weight is 679 g/mol. The second kappa shape index (κ2) is 17.4. The van der Waals surface area contributed by atoms with E-state index in [2.05, 4.69) is 39.6 Å². The number of carbonyl (C=O) groups excluding carboxylic acids is 4. The molecule has 262 valence electrons. The quantitative estimate of drug-likeness (QED) is 0.373. The molecule has 4 aliphatic rings. The van der Waals surface area contributed by atoms with Crippen molar-refractivity contribution in [2.45, 2.75) is 103 Å². The van der Waals surface area contributed by atoms with E-state index in [1.807, 2.05) is 25.1 Å². The first kappa shape index (κ1) is 36.0. The number of thiazole rings is 1. The number of unbranched alkanes of at least 4 members (excludes halogenated alkanes) is 1. The summed E-state index contributed by atoms with van der Waals surface area (Å²) in [6.07, 6.45) is 6.73. The van der Waals surface area contributed by atoms with E-state index in [0.717, 1.165) is 80.3 Å². The van der Waals surface area contributed by atoms with Crippen LogP contribution in [0.25, 0.3) is 0 Å². The molecule has 0 unspecified atom stereocenters. The van der Waals surface area contributed by atoms with Crippen molar-refractivity contribution in [3.8, 4) is 0 Å². The Kier molecular flexibility index (Phi) is 13.0. The van der Waals surface area contributed by atoms with Crippen LogP contribution in [0.3, 0.4) is 0 Å². The van der Waals surface area contributed by atoms with E-state index in [9.17, 15) is 19.2 Å². The van der Waals surface area contributed by atoms with Crippen LogP contribution in [0.4, 0.5) is 0 Å². The number of aryl methyl sites for hydroxylation is 1. The minimum absolute atomic E-state index is 0.0771. The minimum atomic E-state index is -0.313. The van der Waals surface area contributed by atoms with Gasteiger partial charge in [0.15, 0.2) is 0 Å². The number of likely N-dealkylation sites (tertiary alicyclic amines) is 1. The summed E-state index contributed by atoms with van der Waals surface area (Å²) in [5.74, 6) is 0.912. The third-order valence-corrected chi connectivity index (χ3v) is 11.6. The van der Waals surface area contributed by atoms with Crippen molar-refractivity contribution in [2.75, 3.05) is 39.3 Å². The molecule has 10 nitrogen and oxygen atoms in total. The van der Waals surface area contributed by atoms with Gasteiger partial charge in [0, 0.05) is 74.0 Å². The van der Waals surface area contributed by atoms with Gasteiger partial charge in [0.05, 0.1) is 17.1 Å². The van der Waals surface area contributed by atoms with Crippen LogP contribution in [0.5, 0.6) is 0 Å². The monoisotopic (exact) mass is 678 g/mol. The van der Waals surface area contributed by atoms with E-state index in [4.69, 9.17) is 4.98 Å². The van der Waals surface area contributed by atoms with E-state index in [1.54, 1.807) is 23.5 Å². The van der Waals surface area contributed by atoms with Gasteiger partial charge >= 0.3 is 0 Å². The van der Waals surface area contributed by atoms with Gasteiger partial charge < -0.3 is 25.8 Å². The fraction of sp³-hybridized carbons (Fsp3) is 0.649. The number of piperidine rings is 2. The van der Waals surface area contributed by atoms with Gasteiger partial charge in [0.2, 0.25) is 17.7 Å². The molecule has 1 aromatic heterocycles. The minimum Gasteiger partial charge on any atom is -0.356 e. The molecule has 4 aliphatic heterocycles. The van der Waals surface area contributed by atoms with Crippen molar-refractivity contribution in [1.82, 2.24) is 30.7 Å². The standard InChI is InChI=1S/C37H54N6O4S/c1-25(2)43-20-15-29-21-35(46)42-18-13-28(14-19-42)37-41-32(26(3)48-37)23-34(45)40-31(22-33(44)38-17-12-30(29)24-43)11-7-8-16-39-36(47)27-9-5-4-6-10-27/h4-6,9-10,25,28-31H,7-8,11-24H2,1-3H3,(H,38,44)(H,39,47)(H,40,45)/t29-,30-,31-/m0/s1. The van der Waals surface area contributed by atoms with Crippen LogP contribution in [0, 0.1) is 18.8 Å². The number of nitrogens with zero attached hydrogens (tertiary/aromatic N) is 3. The summed E-state index contributed by atoms with van der Waals surface area (Å²) in [6.45, 7) is 11.0. The Morgan fingerprint density at radius 1 is 0.979 bits per heavy atom. The molecular weight excluding hydrogens is 625 g/mol. The highest BCUT2D eigenvalue weighted by atomic mass is 32.1. The van der Waals surface area contributed by atoms with Crippen LogP contribution in [-0.2, 0) is 20.8 Å². The molecule has 4 amide bonds. The molecule has 0 spiro atoms. The molecule has 0 saturated carbocycles. The molecule has 3 atom stereocenters. The highest BCUT2D eigenvalue weighted by molar-refractivity contribution is 7.11. The summed E-state index contributed by atoms with van der Waals surface area (Å²) >= 11 is 1.67. The first-order chi connectivity index (χ1) is 23.2. The van der Waals surface area contributed by atoms with Crippen LogP contribution in [0.2, 0.25) is 0 Å². The van der Waals surface area contributed by atoms with Gasteiger partial charge in [-0.2, -0.15) is 0 Å². The average Bonchev–Trinajstić information content (AvgIpc) is 3.44. The smallest absolute Gasteiger partial charge is 0.251 e. The zero-order valence-corrected chi connectivity index (χ0v) is 29.8. The number of hydrogen-bond donors (Lipinski definition) is 3. The Bertz CT molecular complexity index is 1390. The Morgan fingerprint density at radius 2 is 1.75 bits per heavy atom. The molecule has 11 heteroatoms. The lowest BCUT2D eigenvalue weighted by Crippen LogP contribution is -2.47. The van der Waals surface area contributed by atoms with E-state index < -0.39 is 0 Å². The molecule has 0 aliphatic carbocycles. The van der Waals surface area contributed by atoms with Crippen molar-refractivity contribution in [2.24, 2.45) is 11.8 Å². The van der Waals surface area contributed by atoms with Crippen LogP contribution in [-0.4, -0.2) is 89.8 Å². The zero-order valence-electron chi connectivity index (χ0n) is 29.0. The highest BCUT2D eigenvalue weighted by Crippen LogP contribution is 2.35. The molecule has 0 radical (unpaired) electrons. The molecule has 1 aromatic carbocycles. The number of fused-ring (bicyclic) bond motifs is 11. The lowest BCUT2D eigenvalue weighted by atomic mass is 9.80. The van der Waals surface area contributed by atoms with E-state index >= 15 is 0 Å². The van der Waals surface area contributed by atoms with Crippen molar-refractivity contribution in [3.05, 3.63) is 51.5 Å². The van der Waals surface area contributed by atoms with Gasteiger partial charge in [-0.3, -0.25) is 19.2 Å². The van der Waals surface area contributed by atoms with Crippen molar-refractivity contribution >= 4 is 35.0 Å². The molecule has 6 rings (SSSR count). The highest BCUT2D eigenvalue weighted by Gasteiger charge is 2.34. The van der Waals surface area contributed by atoms with Gasteiger partial charge in [-0.25, -0.2) is 4.98 Å². The first-order valence-corrected chi connectivity index (χ1v) is 18.8. The summed E-state index contributed by atoms with van der Waals surface area (Å²) in [5.41, 5.74) is 1.43. The summed E-state index contributed by atoms with van der Waals surface area (Å²) < 4.78 is 0.